The molecule has 0 saturated heterocycles. The van der Waals surface area contributed by atoms with Gasteiger partial charge in [-0.25, -0.2) is 0 Å². The summed E-state index contributed by atoms with van der Waals surface area (Å²) < 4.78 is 10.7. The lowest BCUT2D eigenvalue weighted by molar-refractivity contribution is 0.102. The molecule has 140 valence electrons. The van der Waals surface area contributed by atoms with E-state index in [1.165, 1.54) is 0 Å². The first-order valence-electron chi connectivity index (χ1n) is 8.44. The van der Waals surface area contributed by atoms with Gasteiger partial charge in [-0.15, -0.1) is 0 Å². The Hall–Kier alpha value is -2.99. The molecular formula is C20H20ClN3O3. The fourth-order valence-corrected chi connectivity index (χ4v) is 2.96. The zero-order valence-electron chi connectivity index (χ0n) is 15.3. The van der Waals surface area contributed by atoms with Crippen molar-refractivity contribution in [1.82, 2.24) is 10.2 Å². The monoisotopic (exact) mass is 385 g/mol. The lowest BCUT2D eigenvalue weighted by Crippen LogP contribution is -2.13. The van der Waals surface area contributed by atoms with Crippen LogP contribution in [-0.2, 0) is 6.42 Å². The minimum atomic E-state index is -0.262. The number of anilines is 1. The van der Waals surface area contributed by atoms with Gasteiger partial charge in [0.1, 0.15) is 17.2 Å². The third-order valence-electron chi connectivity index (χ3n) is 4.18. The SMILES string of the molecule is CCc1[nH]nc(-c2ccc(OC)cc2OC)c1NC(=O)c1cccc(Cl)c1. The van der Waals surface area contributed by atoms with E-state index in [1.54, 1.807) is 44.6 Å². The molecular weight excluding hydrogens is 366 g/mol. The van der Waals surface area contributed by atoms with Gasteiger partial charge in [0.25, 0.3) is 5.91 Å². The molecule has 2 N–H and O–H groups in total. The Kier molecular flexibility index (Phi) is 5.66. The first kappa shape index (κ1) is 18.8. The number of carbonyl (C=O) groups is 1. The van der Waals surface area contributed by atoms with Gasteiger partial charge in [0.2, 0.25) is 0 Å². The molecule has 1 heterocycles. The van der Waals surface area contributed by atoms with E-state index in [-0.39, 0.29) is 5.91 Å². The number of methoxy groups -OCH3 is 2. The molecule has 7 heteroatoms. The zero-order valence-corrected chi connectivity index (χ0v) is 16.1. The average molecular weight is 386 g/mol. The molecule has 1 aromatic heterocycles. The Morgan fingerprint density at radius 2 is 2.00 bits per heavy atom. The number of benzene rings is 2. The van der Waals surface area contributed by atoms with Crippen molar-refractivity contribution in [2.45, 2.75) is 13.3 Å². The zero-order chi connectivity index (χ0) is 19.4. The molecule has 0 aliphatic heterocycles. The minimum Gasteiger partial charge on any atom is -0.497 e. The van der Waals surface area contributed by atoms with Crippen LogP contribution < -0.4 is 14.8 Å². The molecule has 27 heavy (non-hydrogen) atoms. The highest BCUT2D eigenvalue weighted by Gasteiger charge is 2.20. The second-order valence-electron chi connectivity index (χ2n) is 5.81. The van der Waals surface area contributed by atoms with Gasteiger partial charge in [0.15, 0.2) is 0 Å². The van der Waals surface area contributed by atoms with Crippen LogP contribution in [0.3, 0.4) is 0 Å². The first-order valence-corrected chi connectivity index (χ1v) is 8.81. The lowest BCUT2D eigenvalue weighted by atomic mass is 10.1. The van der Waals surface area contributed by atoms with Crippen molar-refractivity contribution in [3.63, 3.8) is 0 Å². The van der Waals surface area contributed by atoms with E-state index < -0.39 is 0 Å². The fraction of sp³-hybridized carbons (Fsp3) is 0.200. The van der Waals surface area contributed by atoms with Crippen LogP contribution in [0, 0.1) is 0 Å². The van der Waals surface area contributed by atoms with Crippen molar-refractivity contribution in [2.24, 2.45) is 0 Å². The summed E-state index contributed by atoms with van der Waals surface area (Å²) in [5.41, 5.74) is 3.25. The summed E-state index contributed by atoms with van der Waals surface area (Å²) in [6.45, 7) is 1.98. The molecule has 0 saturated carbocycles. The average Bonchev–Trinajstić information content (AvgIpc) is 3.09. The number of ether oxygens (including phenoxy) is 2. The summed E-state index contributed by atoms with van der Waals surface area (Å²) >= 11 is 6.00. The van der Waals surface area contributed by atoms with Gasteiger partial charge < -0.3 is 14.8 Å². The van der Waals surface area contributed by atoms with Gasteiger partial charge in [-0.1, -0.05) is 24.6 Å². The Morgan fingerprint density at radius 3 is 2.67 bits per heavy atom. The van der Waals surface area contributed by atoms with E-state index in [9.17, 15) is 4.79 Å². The summed E-state index contributed by atoms with van der Waals surface area (Å²) in [5.74, 6) is 1.01. The standard InChI is InChI=1S/C20H20ClN3O3/c1-4-16-19(22-20(25)12-6-5-7-13(21)10-12)18(24-23-16)15-9-8-14(26-2)11-17(15)27-3/h5-11H,4H2,1-3H3,(H,22,25)(H,23,24). The number of aromatic amines is 1. The van der Waals surface area contributed by atoms with E-state index in [0.717, 1.165) is 11.3 Å². The number of nitrogens with one attached hydrogen (secondary N) is 2. The molecule has 0 aliphatic rings. The van der Waals surface area contributed by atoms with Crippen molar-refractivity contribution >= 4 is 23.2 Å². The molecule has 0 spiro atoms. The van der Waals surface area contributed by atoms with Crippen LogP contribution in [0.1, 0.15) is 23.0 Å². The van der Waals surface area contributed by atoms with E-state index >= 15 is 0 Å². The number of rotatable bonds is 6. The third-order valence-corrected chi connectivity index (χ3v) is 4.42. The maximum atomic E-state index is 12.7. The lowest BCUT2D eigenvalue weighted by Gasteiger charge is -2.12. The van der Waals surface area contributed by atoms with Gasteiger partial charge in [-0.3, -0.25) is 9.89 Å². The number of H-pyrrole nitrogens is 1. The molecule has 0 fully saturated rings. The smallest absolute Gasteiger partial charge is 0.255 e. The van der Waals surface area contributed by atoms with Gasteiger partial charge >= 0.3 is 0 Å². The Labute approximate surface area is 162 Å². The van der Waals surface area contributed by atoms with E-state index in [0.29, 0.717) is 39.9 Å². The van der Waals surface area contributed by atoms with Crippen LogP contribution in [0.25, 0.3) is 11.3 Å². The summed E-state index contributed by atoms with van der Waals surface area (Å²) in [6, 6.07) is 12.2. The topological polar surface area (TPSA) is 76.2 Å². The number of hydrogen-bond donors (Lipinski definition) is 2. The molecule has 3 aromatic rings. The fourth-order valence-electron chi connectivity index (χ4n) is 2.77. The number of hydrogen-bond acceptors (Lipinski definition) is 4. The predicted octanol–water partition coefficient (Wildman–Crippen LogP) is 4.56. The normalized spacial score (nSPS) is 10.5. The van der Waals surface area contributed by atoms with Crippen LogP contribution in [0.4, 0.5) is 5.69 Å². The van der Waals surface area contributed by atoms with Gasteiger partial charge in [0, 0.05) is 22.2 Å². The van der Waals surface area contributed by atoms with Crippen LogP contribution in [0.2, 0.25) is 5.02 Å². The number of halogens is 1. The molecule has 0 aliphatic carbocycles. The molecule has 0 bridgehead atoms. The number of aromatic nitrogens is 2. The van der Waals surface area contributed by atoms with Crippen LogP contribution >= 0.6 is 11.6 Å². The molecule has 3 rings (SSSR count). The third kappa shape index (κ3) is 3.90. The highest BCUT2D eigenvalue weighted by atomic mass is 35.5. The summed E-state index contributed by atoms with van der Waals surface area (Å²) in [7, 11) is 3.17. The minimum absolute atomic E-state index is 0.262. The summed E-state index contributed by atoms with van der Waals surface area (Å²) in [5, 5.41) is 10.8. The van der Waals surface area contributed by atoms with Gasteiger partial charge in [-0.05, 0) is 36.8 Å². The second kappa shape index (κ2) is 8.14. The van der Waals surface area contributed by atoms with Crippen molar-refractivity contribution in [2.75, 3.05) is 19.5 Å². The van der Waals surface area contributed by atoms with Crippen molar-refractivity contribution in [3.05, 3.63) is 58.7 Å². The molecule has 0 unspecified atom stereocenters. The number of carbonyl (C=O) groups excluding carboxylic acids is 1. The molecule has 6 nitrogen and oxygen atoms in total. The molecule has 0 atom stereocenters. The highest BCUT2D eigenvalue weighted by molar-refractivity contribution is 6.31. The van der Waals surface area contributed by atoms with E-state index in [4.69, 9.17) is 21.1 Å². The van der Waals surface area contributed by atoms with Crippen LogP contribution in [0.5, 0.6) is 11.5 Å². The highest BCUT2D eigenvalue weighted by Crippen LogP contribution is 2.37. The van der Waals surface area contributed by atoms with Crippen molar-refractivity contribution in [3.8, 4) is 22.8 Å². The maximum Gasteiger partial charge on any atom is 0.255 e. The number of nitrogens with zero attached hydrogens (tertiary/aromatic N) is 1. The molecule has 0 radical (unpaired) electrons. The molecule has 2 aromatic carbocycles. The summed E-state index contributed by atoms with van der Waals surface area (Å²) in [6.07, 6.45) is 0.677. The van der Waals surface area contributed by atoms with Crippen molar-refractivity contribution < 1.29 is 14.3 Å². The van der Waals surface area contributed by atoms with Crippen LogP contribution in [0.15, 0.2) is 42.5 Å². The second-order valence-corrected chi connectivity index (χ2v) is 6.25. The largest absolute Gasteiger partial charge is 0.497 e. The van der Waals surface area contributed by atoms with Crippen LogP contribution in [-0.4, -0.2) is 30.3 Å². The van der Waals surface area contributed by atoms with Gasteiger partial charge in [0.05, 0.1) is 25.6 Å². The van der Waals surface area contributed by atoms with E-state index in [2.05, 4.69) is 15.5 Å². The Morgan fingerprint density at radius 1 is 1.19 bits per heavy atom. The quantitative estimate of drug-likeness (QED) is 0.652. The Balaban J connectivity index is 2.02. The van der Waals surface area contributed by atoms with Crippen molar-refractivity contribution in [1.29, 1.82) is 0 Å². The molecule has 1 amide bonds. The Bertz CT molecular complexity index is 969. The maximum absolute atomic E-state index is 12.7. The summed E-state index contributed by atoms with van der Waals surface area (Å²) in [4.78, 5) is 12.7. The number of aryl methyl sites for hydroxylation is 1. The first-order chi connectivity index (χ1) is 13.1. The van der Waals surface area contributed by atoms with E-state index in [1.807, 2.05) is 19.1 Å². The van der Waals surface area contributed by atoms with Gasteiger partial charge in [-0.2, -0.15) is 5.10 Å². The number of amides is 1. The predicted molar refractivity (Wildman–Crippen MR) is 106 cm³/mol.